The number of nitrogens with zero attached hydrogens (tertiary/aromatic N) is 1. The summed E-state index contributed by atoms with van der Waals surface area (Å²) < 4.78 is 21.7. The summed E-state index contributed by atoms with van der Waals surface area (Å²) >= 11 is 1.41. The smallest absolute Gasteiger partial charge is 0.258 e. The molecule has 0 N–H and O–H groups in total. The maximum Gasteiger partial charge on any atom is 0.270 e. The molecule has 0 amide bonds. The molecule has 0 spiro atoms. The van der Waals surface area contributed by atoms with Crippen LogP contribution >= 0.6 is 11.3 Å². The quantitative estimate of drug-likeness (QED) is 0.470. The summed E-state index contributed by atoms with van der Waals surface area (Å²) in [4.78, 5) is 10.0. The molecule has 86 valence electrons. The second-order valence-electron chi connectivity index (χ2n) is 3.02. The Morgan fingerprint density at radius 2 is 2.25 bits per heavy atom. The molecule has 0 aliphatic heterocycles. The second-order valence-corrected chi connectivity index (χ2v) is 5.73. The fraction of sp³-hybridized carbons (Fsp3) is 0.111. The van der Waals surface area contributed by atoms with Crippen molar-refractivity contribution < 1.29 is 13.3 Å². The molecule has 0 aliphatic carbocycles. The van der Waals surface area contributed by atoms with Gasteiger partial charge in [-0.3, -0.25) is 10.1 Å². The van der Waals surface area contributed by atoms with Crippen molar-refractivity contribution in [3.63, 3.8) is 0 Å². The lowest BCUT2D eigenvalue weighted by Gasteiger charge is -1.90. The van der Waals surface area contributed by atoms with E-state index in [9.17, 15) is 18.5 Å². The largest absolute Gasteiger partial charge is 0.270 e. The van der Waals surface area contributed by atoms with E-state index in [4.69, 9.17) is 0 Å². The Morgan fingerprint density at radius 3 is 2.69 bits per heavy atom. The van der Waals surface area contributed by atoms with Crippen LogP contribution in [0.25, 0.3) is 6.08 Å². The molecule has 0 bridgehead atoms. The lowest BCUT2D eigenvalue weighted by molar-refractivity contribution is -0.417. The lowest BCUT2D eigenvalue weighted by atomic mass is 10.3. The van der Waals surface area contributed by atoms with E-state index in [1.54, 1.807) is 16.8 Å². The molecule has 0 fully saturated rings. The monoisotopic (exact) mass is 259 g/mol. The van der Waals surface area contributed by atoms with Crippen LogP contribution in [0.3, 0.4) is 0 Å². The average molecular weight is 259 g/mol. The van der Waals surface area contributed by atoms with Crippen molar-refractivity contribution in [3.05, 3.63) is 49.7 Å². The van der Waals surface area contributed by atoms with Crippen LogP contribution in [0.4, 0.5) is 0 Å². The molecule has 0 saturated heterocycles. The Labute approximate surface area is 96.8 Å². The number of hydrogen-bond acceptors (Lipinski definition) is 5. The van der Waals surface area contributed by atoms with Gasteiger partial charge in [-0.25, -0.2) is 8.42 Å². The van der Waals surface area contributed by atoms with Gasteiger partial charge in [0.25, 0.3) is 5.70 Å². The first kappa shape index (κ1) is 12.6. The summed E-state index contributed by atoms with van der Waals surface area (Å²) in [6, 6.07) is 1.71. The third-order valence-corrected chi connectivity index (χ3v) is 2.89. The van der Waals surface area contributed by atoms with Crippen LogP contribution in [0.1, 0.15) is 5.56 Å². The molecule has 0 radical (unpaired) electrons. The van der Waals surface area contributed by atoms with Gasteiger partial charge in [0.05, 0.1) is 4.92 Å². The molecule has 1 rings (SSSR count). The Kier molecular flexibility index (Phi) is 3.97. The third-order valence-electron chi connectivity index (χ3n) is 1.55. The molecule has 0 aromatic carbocycles. The van der Waals surface area contributed by atoms with Crippen molar-refractivity contribution in [2.45, 2.75) is 0 Å². The molecule has 0 unspecified atom stereocenters. The van der Waals surface area contributed by atoms with E-state index >= 15 is 0 Å². The van der Waals surface area contributed by atoms with Gasteiger partial charge in [0, 0.05) is 23.8 Å². The number of rotatable bonds is 4. The summed E-state index contributed by atoms with van der Waals surface area (Å²) in [5.41, 5.74) is 0.415. The Morgan fingerprint density at radius 1 is 1.56 bits per heavy atom. The number of nitro groups is 1. The lowest BCUT2D eigenvalue weighted by Crippen LogP contribution is -1.97. The molecule has 0 aliphatic rings. The van der Waals surface area contributed by atoms with Gasteiger partial charge in [0.2, 0.25) is 0 Å². The fourth-order valence-corrected chi connectivity index (χ4v) is 1.89. The van der Waals surface area contributed by atoms with Gasteiger partial charge in [-0.1, -0.05) is 0 Å². The van der Waals surface area contributed by atoms with Crippen molar-refractivity contribution in [2.75, 3.05) is 6.26 Å². The topological polar surface area (TPSA) is 77.3 Å². The van der Waals surface area contributed by atoms with E-state index < -0.39 is 14.8 Å². The molecular formula is C9H9NO4S2. The summed E-state index contributed by atoms with van der Waals surface area (Å²) in [5.74, 6) is 0. The third kappa shape index (κ3) is 4.37. The van der Waals surface area contributed by atoms with Crippen molar-refractivity contribution in [1.82, 2.24) is 0 Å². The highest BCUT2D eigenvalue weighted by Crippen LogP contribution is 2.12. The number of hydrogen-bond donors (Lipinski definition) is 0. The van der Waals surface area contributed by atoms with Crippen LogP contribution in [0.2, 0.25) is 0 Å². The Balaban J connectivity index is 3.02. The predicted molar refractivity (Wildman–Crippen MR) is 63.3 cm³/mol. The van der Waals surface area contributed by atoms with Gasteiger partial charge in [-0.15, -0.1) is 0 Å². The molecule has 1 aromatic rings. The summed E-state index contributed by atoms with van der Waals surface area (Å²) in [5, 5.41) is 15.0. The van der Waals surface area contributed by atoms with E-state index in [1.807, 2.05) is 0 Å². The molecule has 1 heterocycles. The molecule has 16 heavy (non-hydrogen) atoms. The average Bonchev–Trinajstić information content (AvgIpc) is 2.62. The van der Waals surface area contributed by atoms with Crippen LogP contribution in [0.15, 0.2) is 34.0 Å². The first-order valence-corrected chi connectivity index (χ1v) is 7.04. The van der Waals surface area contributed by atoms with Gasteiger partial charge < -0.3 is 0 Å². The van der Waals surface area contributed by atoms with E-state index in [1.165, 1.54) is 17.4 Å². The zero-order valence-electron chi connectivity index (χ0n) is 8.36. The van der Waals surface area contributed by atoms with E-state index in [0.717, 1.165) is 17.7 Å². The fourth-order valence-electron chi connectivity index (χ4n) is 0.883. The van der Waals surface area contributed by atoms with E-state index in [2.05, 4.69) is 0 Å². The number of sulfone groups is 1. The predicted octanol–water partition coefficient (Wildman–Crippen LogP) is 1.92. The molecule has 0 atom stereocenters. The zero-order valence-corrected chi connectivity index (χ0v) is 9.99. The normalized spacial score (nSPS) is 13.2. The van der Waals surface area contributed by atoms with Crippen LogP contribution in [-0.2, 0) is 9.84 Å². The van der Waals surface area contributed by atoms with Crippen LogP contribution in [0, 0.1) is 10.1 Å². The van der Waals surface area contributed by atoms with Gasteiger partial charge in [-0.05, 0) is 22.4 Å². The molecule has 7 heteroatoms. The van der Waals surface area contributed by atoms with E-state index in [0.29, 0.717) is 5.56 Å². The number of allylic oxidation sites excluding steroid dienone is 1. The van der Waals surface area contributed by atoms with Crippen molar-refractivity contribution >= 4 is 27.3 Å². The highest BCUT2D eigenvalue weighted by atomic mass is 32.2. The Hall–Kier alpha value is -1.47. The van der Waals surface area contributed by atoms with Crippen LogP contribution in [-0.4, -0.2) is 19.6 Å². The van der Waals surface area contributed by atoms with Gasteiger partial charge in [0.15, 0.2) is 9.84 Å². The SMILES string of the molecule is CS(=O)(=O)/C=C/C(=C\c1ccsc1)[N+](=O)[O-]. The molecular weight excluding hydrogens is 250 g/mol. The van der Waals surface area contributed by atoms with Crippen molar-refractivity contribution in [1.29, 1.82) is 0 Å². The van der Waals surface area contributed by atoms with Crippen molar-refractivity contribution in [3.8, 4) is 0 Å². The van der Waals surface area contributed by atoms with Gasteiger partial charge >= 0.3 is 0 Å². The first-order chi connectivity index (χ1) is 7.38. The maximum absolute atomic E-state index is 10.8. The summed E-state index contributed by atoms with van der Waals surface area (Å²) in [7, 11) is -3.35. The highest BCUT2D eigenvalue weighted by Gasteiger charge is 2.07. The maximum atomic E-state index is 10.8. The summed E-state index contributed by atoms with van der Waals surface area (Å²) in [6.45, 7) is 0. The zero-order chi connectivity index (χ0) is 12.2. The molecule has 5 nitrogen and oxygen atoms in total. The highest BCUT2D eigenvalue weighted by molar-refractivity contribution is 7.93. The second kappa shape index (κ2) is 5.04. The van der Waals surface area contributed by atoms with Crippen LogP contribution < -0.4 is 0 Å². The van der Waals surface area contributed by atoms with E-state index in [-0.39, 0.29) is 5.70 Å². The van der Waals surface area contributed by atoms with Crippen LogP contribution in [0.5, 0.6) is 0 Å². The van der Waals surface area contributed by atoms with Gasteiger partial charge in [-0.2, -0.15) is 11.3 Å². The minimum absolute atomic E-state index is 0.260. The number of thiophene rings is 1. The Bertz CT molecular complexity index is 526. The molecule has 1 aromatic heterocycles. The minimum atomic E-state index is -3.35. The molecule has 0 saturated carbocycles. The summed E-state index contributed by atoms with van der Waals surface area (Å²) in [6.07, 6.45) is 3.27. The van der Waals surface area contributed by atoms with Crippen molar-refractivity contribution in [2.24, 2.45) is 0 Å². The first-order valence-electron chi connectivity index (χ1n) is 4.15. The minimum Gasteiger partial charge on any atom is -0.258 e. The standard InChI is InChI=1S/C9H9NO4S2/c1-16(13,14)5-3-9(10(11)12)6-8-2-4-15-7-8/h2-7H,1H3/b5-3+,9-6+. The van der Waals surface area contributed by atoms with Gasteiger partial charge in [0.1, 0.15) is 0 Å².